The average molecular weight is 336 g/mol. The van der Waals surface area contributed by atoms with Gasteiger partial charge in [0.2, 0.25) is 0 Å². The third-order valence-corrected chi connectivity index (χ3v) is 4.84. The minimum atomic E-state index is 0.0295. The molecule has 1 aromatic rings. The zero-order chi connectivity index (χ0) is 15.5. The number of guanidine groups is 1. The lowest BCUT2D eigenvalue weighted by atomic mass is 10.1. The average Bonchev–Trinajstić information content (AvgIpc) is 3.07. The first-order valence-corrected chi connectivity index (χ1v) is 8.45. The standard InChI is InChI=1S/C15H18ClN5S/c16-11-5-3-10(4-6-11)13-9-22-15-20-8-12(21(13)15)2-1-7-19-14(17)18/h3-6,9,12H,1-2,7-8H2,(H4,17,18,19)/t12-/m1/s1. The largest absolute Gasteiger partial charge is 0.370 e. The topological polar surface area (TPSA) is 77.5 Å². The molecule has 2 aliphatic rings. The van der Waals surface area contributed by atoms with E-state index in [1.165, 1.54) is 5.70 Å². The molecular weight excluding hydrogens is 318 g/mol. The van der Waals surface area contributed by atoms with Gasteiger partial charge in [-0.05, 0) is 30.5 Å². The molecule has 0 radical (unpaired) electrons. The highest BCUT2D eigenvalue weighted by molar-refractivity contribution is 8.16. The minimum Gasteiger partial charge on any atom is -0.370 e. The van der Waals surface area contributed by atoms with E-state index in [0.717, 1.165) is 41.7 Å². The molecule has 0 amide bonds. The van der Waals surface area contributed by atoms with Crippen LogP contribution in [0.1, 0.15) is 18.4 Å². The highest BCUT2D eigenvalue weighted by atomic mass is 35.5. The predicted octanol–water partition coefficient (Wildman–Crippen LogP) is 2.69. The molecule has 0 saturated carbocycles. The summed E-state index contributed by atoms with van der Waals surface area (Å²) in [4.78, 5) is 6.95. The van der Waals surface area contributed by atoms with Gasteiger partial charge in [0.15, 0.2) is 11.1 Å². The zero-order valence-corrected chi connectivity index (χ0v) is 13.6. The summed E-state index contributed by atoms with van der Waals surface area (Å²) in [6.07, 6.45) is 1.97. The molecule has 0 bridgehead atoms. The van der Waals surface area contributed by atoms with Crippen LogP contribution in [0.3, 0.4) is 0 Å². The molecule has 0 aliphatic carbocycles. The maximum Gasteiger partial charge on any atom is 0.185 e. The van der Waals surface area contributed by atoms with Gasteiger partial charge in [0.05, 0.1) is 18.3 Å². The van der Waals surface area contributed by atoms with Crippen LogP contribution in [-0.2, 0) is 0 Å². The maximum absolute atomic E-state index is 7.17. The molecule has 5 nitrogen and oxygen atoms in total. The van der Waals surface area contributed by atoms with E-state index in [4.69, 9.17) is 22.7 Å². The number of rotatable bonds is 5. The van der Waals surface area contributed by atoms with Crippen LogP contribution in [0.25, 0.3) is 5.70 Å². The summed E-state index contributed by atoms with van der Waals surface area (Å²) in [5.41, 5.74) is 7.66. The molecule has 0 aromatic heterocycles. The Morgan fingerprint density at radius 2 is 2.23 bits per heavy atom. The monoisotopic (exact) mass is 335 g/mol. The lowest BCUT2D eigenvalue weighted by Gasteiger charge is -2.26. The highest BCUT2D eigenvalue weighted by Crippen LogP contribution is 2.39. The first-order valence-electron chi connectivity index (χ1n) is 7.19. The van der Waals surface area contributed by atoms with Gasteiger partial charge in [-0.15, -0.1) is 0 Å². The van der Waals surface area contributed by atoms with Crippen molar-refractivity contribution in [2.75, 3.05) is 13.1 Å². The molecule has 4 N–H and O–H groups in total. The van der Waals surface area contributed by atoms with Crippen LogP contribution in [0.15, 0.2) is 34.7 Å². The van der Waals surface area contributed by atoms with Crippen LogP contribution < -0.4 is 11.1 Å². The van der Waals surface area contributed by atoms with Crippen LogP contribution in [0.5, 0.6) is 0 Å². The number of halogens is 1. The van der Waals surface area contributed by atoms with Gasteiger partial charge in [0.1, 0.15) is 0 Å². The van der Waals surface area contributed by atoms with Crippen molar-refractivity contribution in [1.29, 1.82) is 5.41 Å². The quantitative estimate of drug-likeness (QED) is 0.439. The molecule has 7 heteroatoms. The van der Waals surface area contributed by atoms with Crippen LogP contribution in [0.4, 0.5) is 0 Å². The molecule has 1 atom stereocenters. The Balaban J connectivity index is 1.65. The zero-order valence-electron chi connectivity index (χ0n) is 12.1. The van der Waals surface area contributed by atoms with Crippen molar-refractivity contribution < 1.29 is 0 Å². The van der Waals surface area contributed by atoms with Gasteiger partial charge in [0, 0.05) is 17.0 Å². The van der Waals surface area contributed by atoms with Gasteiger partial charge in [0.25, 0.3) is 0 Å². The fraction of sp³-hybridized carbons (Fsp3) is 0.333. The Kier molecular flexibility index (Phi) is 4.59. The Morgan fingerprint density at radius 3 is 2.95 bits per heavy atom. The van der Waals surface area contributed by atoms with Gasteiger partial charge in [-0.2, -0.15) is 0 Å². The summed E-state index contributed by atoms with van der Waals surface area (Å²) < 4.78 is 0. The maximum atomic E-state index is 7.17. The Hall–Kier alpha value is -1.66. The van der Waals surface area contributed by atoms with Crippen molar-refractivity contribution in [2.45, 2.75) is 18.9 Å². The molecule has 22 heavy (non-hydrogen) atoms. The lowest BCUT2D eigenvalue weighted by Crippen LogP contribution is -2.34. The van der Waals surface area contributed by atoms with Gasteiger partial charge in [-0.1, -0.05) is 35.5 Å². The third-order valence-electron chi connectivity index (χ3n) is 3.71. The minimum absolute atomic E-state index is 0.0295. The van der Waals surface area contributed by atoms with Crippen LogP contribution in [0.2, 0.25) is 5.02 Å². The number of thioether (sulfide) groups is 1. The first kappa shape index (κ1) is 15.2. The molecule has 0 fully saturated rings. The van der Waals surface area contributed by atoms with Crippen molar-refractivity contribution >= 4 is 40.2 Å². The van der Waals surface area contributed by atoms with E-state index in [2.05, 4.69) is 20.6 Å². The number of nitrogens with one attached hydrogen (secondary N) is 2. The molecule has 0 saturated heterocycles. The number of benzene rings is 1. The Bertz CT molecular complexity index is 625. The molecule has 0 spiro atoms. The SMILES string of the molecule is N=C(N)NCCC[C@@H]1CN=C2SC=C(c3ccc(Cl)cc3)N21. The highest BCUT2D eigenvalue weighted by Gasteiger charge is 2.34. The van der Waals surface area contributed by atoms with Gasteiger partial charge in [-0.3, -0.25) is 10.4 Å². The molecular formula is C15H18ClN5S. The van der Waals surface area contributed by atoms with E-state index in [1.807, 2.05) is 24.3 Å². The first-order chi connectivity index (χ1) is 10.6. The van der Waals surface area contributed by atoms with Gasteiger partial charge < -0.3 is 16.0 Å². The summed E-state index contributed by atoms with van der Waals surface area (Å²) in [6.45, 7) is 1.55. The van der Waals surface area contributed by atoms with E-state index in [-0.39, 0.29) is 5.96 Å². The Labute approximate surface area is 139 Å². The second-order valence-corrected chi connectivity index (χ2v) is 6.53. The summed E-state index contributed by atoms with van der Waals surface area (Å²) in [7, 11) is 0. The number of hydrogen-bond donors (Lipinski definition) is 3. The smallest absolute Gasteiger partial charge is 0.185 e. The van der Waals surface area contributed by atoms with E-state index in [0.29, 0.717) is 6.04 Å². The van der Waals surface area contributed by atoms with E-state index in [9.17, 15) is 0 Å². The van der Waals surface area contributed by atoms with Crippen molar-refractivity contribution in [3.63, 3.8) is 0 Å². The normalized spacial score (nSPS) is 19.7. The van der Waals surface area contributed by atoms with Gasteiger partial charge >= 0.3 is 0 Å². The number of amidine groups is 1. The van der Waals surface area contributed by atoms with Crippen molar-refractivity contribution in [3.8, 4) is 0 Å². The van der Waals surface area contributed by atoms with Crippen LogP contribution in [0, 0.1) is 5.41 Å². The molecule has 116 valence electrons. The van der Waals surface area contributed by atoms with E-state index < -0.39 is 0 Å². The van der Waals surface area contributed by atoms with E-state index in [1.54, 1.807) is 11.8 Å². The fourth-order valence-corrected chi connectivity index (χ4v) is 3.77. The summed E-state index contributed by atoms with van der Waals surface area (Å²) in [5, 5.41) is 14.0. The van der Waals surface area contributed by atoms with E-state index >= 15 is 0 Å². The molecule has 0 unspecified atom stereocenters. The number of nitrogens with zero attached hydrogens (tertiary/aromatic N) is 2. The second-order valence-electron chi connectivity index (χ2n) is 5.26. The van der Waals surface area contributed by atoms with Crippen molar-refractivity contribution in [3.05, 3.63) is 40.3 Å². The molecule has 2 aliphatic heterocycles. The molecule has 3 rings (SSSR count). The fourth-order valence-electron chi connectivity index (χ4n) is 2.67. The summed E-state index contributed by atoms with van der Waals surface area (Å²) in [5.74, 6) is 0.0295. The number of aliphatic imine (C=N–C) groups is 1. The summed E-state index contributed by atoms with van der Waals surface area (Å²) >= 11 is 7.65. The summed E-state index contributed by atoms with van der Waals surface area (Å²) in [6, 6.07) is 8.30. The lowest BCUT2D eigenvalue weighted by molar-refractivity contribution is 0.425. The van der Waals surface area contributed by atoms with Crippen LogP contribution in [-0.4, -0.2) is 35.2 Å². The molecule has 1 aromatic carbocycles. The second kappa shape index (κ2) is 6.62. The molecule has 2 heterocycles. The third kappa shape index (κ3) is 3.23. The van der Waals surface area contributed by atoms with Crippen LogP contribution >= 0.6 is 23.4 Å². The number of hydrogen-bond acceptors (Lipinski definition) is 4. The Morgan fingerprint density at radius 1 is 1.45 bits per heavy atom. The predicted molar refractivity (Wildman–Crippen MR) is 94.1 cm³/mol. The number of fused-ring (bicyclic) bond motifs is 1. The van der Waals surface area contributed by atoms with Gasteiger partial charge in [-0.25, -0.2) is 0 Å². The van der Waals surface area contributed by atoms with Crippen molar-refractivity contribution in [1.82, 2.24) is 10.2 Å². The number of nitrogens with two attached hydrogens (primary N) is 1. The van der Waals surface area contributed by atoms with Crippen molar-refractivity contribution in [2.24, 2.45) is 10.7 Å².